The minimum Gasteiger partial charge on any atom is -0.475 e. The van der Waals surface area contributed by atoms with E-state index in [1.165, 1.54) is 16.4 Å². The first-order valence-corrected chi connectivity index (χ1v) is 13.0. The van der Waals surface area contributed by atoms with Crippen LogP contribution in [0.25, 0.3) is 0 Å². The number of nitrogens with zero attached hydrogens (tertiary/aromatic N) is 1. The minimum absolute atomic E-state index is 0.0567. The van der Waals surface area contributed by atoms with E-state index < -0.39 is 46.5 Å². The summed E-state index contributed by atoms with van der Waals surface area (Å²) in [5.41, 5.74) is 13.3. The number of nitrogen functional groups attached to an aromatic ring is 1. The van der Waals surface area contributed by atoms with Crippen LogP contribution < -0.4 is 11.5 Å². The third-order valence-corrected chi connectivity index (χ3v) is 6.62. The highest BCUT2D eigenvalue weighted by Gasteiger charge is 2.39. The minimum atomic E-state index is -5.08. The van der Waals surface area contributed by atoms with Crippen LogP contribution in [-0.2, 0) is 26.0 Å². The van der Waals surface area contributed by atoms with Crippen LogP contribution in [0.15, 0.2) is 59.5 Å². The fourth-order valence-electron chi connectivity index (χ4n) is 2.83. The molecule has 0 heterocycles. The lowest BCUT2D eigenvalue weighted by molar-refractivity contribution is -0.193. The van der Waals surface area contributed by atoms with E-state index in [1.54, 1.807) is 12.1 Å². The summed E-state index contributed by atoms with van der Waals surface area (Å²) in [6.07, 6.45) is -10.7. The Labute approximate surface area is 232 Å². The zero-order chi connectivity index (χ0) is 32.2. The van der Waals surface area contributed by atoms with Gasteiger partial charge in [-0.1, -0.05) is 44.2 Å². The van der Waals surface area contributed by atoms with Gasteiger partial charge in [0.1, 0.15) is 0 Å². The van der Waals surface area contributed by atoms with Crippen molar-refractivity contribution in [1.29, 1.82) is 0 Å². The van der Waals surface area contributed by atoms with Crippen molar-refractivity contribution in [2.75, 3.05) is 18.8 Å². The quantitative estimate of drug-likeness (QED) is 0.208. The van der Waals surface area contributed by atoms with Gasteiger partial charge in [-0.15, -0.1) is 0 Å². The first kappa shape index (κ1) is 37.6. The van der Waals surface area contributed by atoms with Gasteiger partial charge in [0.15, 0.2) is 0 Å². The van der Waals surface area contributed by atoms with Gasteiger partial charge in [-0.05, 0) is 42.2 Å². The number of aliphatic hydroxyl groups excluding tert-OH is 1. The monoisotopic (exact) mass is 619 g/mol. The maximum Gasteiger partial charge on any atom is 0.490 e. The normalized spacial score (nSPS) is 13.4. The second kappa shape index (κ2) is 16.1. The highest BCUT2D eigenvalue weighted by molar-refractivity contribution is 7.89. The van der Waals surface area contributed by atoms with Crippen LogP contribution in [0.2, 0.25) is 0 Å². The van der Waals surface area contributed by atoms with Crippen LogP contribution in [0.3, 0.4) is 0 Å². The van der Waals surface area contributed by atoms with Crippen molar-refractivity contribution in [3.63, 3.8) is 0 Å². The summed E-state index contributed by atoms with van der Waals surface area (Å²) in [7, 11) is -3.75. The van der Waals surface area contributed by atoms with Gasteiger partial charge >= 0.3 is 24.3 Å². The second-order valence-electron chi connectivity index (χ2n) is 8.81. The van der Waals surface area contributed by atoms with E-state index in [0.29, 0.717) is 18.7 Å². The topological polar surface area (TPSA) is 184 Å². The van der Waals surface area contributed by atoms with Crippen LogP contribution in [-0.4, -0.2) is 77.6 Å². The molecular weight excluding hydrogens is 588 g/mol. The molecule has 2 aromatic carbocycles. The Hall–Kier alpha value is -3.41. The lowest BCUT2D eigenvalue weighted by Crippen LogP contribution is -2.47. The summed E-state index contributed by atoms with van der Waals surface area (Å²) in [6, 6.07) is 15.1. The van der Waals surface area contributed by atoms with Crippen molar-refractivity contribution in [2.45, 2.75) is 49.7 Å². The Morgan fingerprint density at radius 2 is 1.27 bits per heavy atom. The van der Waals surface area contributed by atoms with Gasteiger partial charge in [0.2, 0.25) is 10.0 Å². The molecule has 0 aliphatic rings. The summed E-state index contributed by atoms with van der Waals surface area (Å²) < 4.78 is 90.8. The molecule has 0 aliphatic carbocycles. The number of anilines is 1. The van der Waals surface area contributed by atoms with Gasteiger partial charge in [-0.3, -0.25) is 0 Å². The third-order valence-electron chi connectivity index (χ3n) is 4.77. The number of rotatable bonds is 9. The number of carboxylic acids is 2. The molecule has 0 aromatic heterocycles. The summed E-state index contributed by atoms with van der Waals surface area (Å²) in [6.45, 7) is 4.10. The molecule has 7 N–H and O–H groups in total. The summed E-state index contributed by atoms with van der Waals surface area (Å²) in [4.78, 5) is 17.9. The van der Waals surface area contributed by atoms with E-state index in [-0.39, 0.29) is 17.4 Å². The molecular formula is C24H31F6N3O7S. The standard InChI is InChI=1S/C20H29N3O3S.2C2HF3O2/c1-15(2)13-23(27(25,26)18-10-8-17(21)9-11-18)14-20(24)19(22)12-16-6-4-3-5-7-16;2*3-2(4,5)1(6)7/h3-11,15,19-20,24H,12-14,21-22H2,1-2H3;2*(H,6,7)/t19-,20-;;/m1../s1. The lowest BCUT2D eigenvalue weighted by atomic mass is 10.0. The Kier molecular flexibility index (Phi) is 14.8. The van der Waals surface area contributed by atoms with E-state index in [4.69, 9.17) is 31.3 Å². The molecule has 0 aliphatic heterocycles. The van der Waals surface area contributed by atoms with E-state index in [2.05, 4.69) is 0 Å². The molecule has 10 nitrogen and oxygen atoms in total. The first-order valence-electron chi connectivity index (χ1n) is 11.5. The van der Waals surface area contributed by atoms with E-state index in [1.807, 2.05) is 44.2 Å². The molecule has 0 saturated carbocycles. The molecule has 0 unspecified atom stereocenters. The van der Waals surface area contributed by atoms with Crippen molar-refractivity contribution in [3.05, 3.63) is 60.2 Å². The zero-order valence-corrected chi connectivity index (χ0v) is 22.6. The van der Waals surface area contributed by atoms with Gasteiger partial charge < -0.3 is 26.8 Å². The Bertz CT molecular complexity index is 1170. The summed E-state index contributed by atoms with van der Waals surface area (Å²) in [5.74, 6) is -5.41. The van der Waals surface area contributed by atoms with Crippen LogP contribution in [0.1, 0.15) is 19.4 Å². The molecule has 0 spiro atoms. The molecule has 0 saturated heterocycles. The third kappa shape index (κ3) is 14.7. The molecule has 0 radical (unpaired) electrons. The van der Waals surface area contributed by atoms with Gasteiger partial charge in [0, 0.05) is 24.8 Å². The number of aliphatic hydroxyl groups is 1. The molecule has 41 heavy (non-hydrogen) atoms. The van der Waals surface area contributed by atoms with Crippen molar-refractivity contribution in [3.8, 4) is 0 Å². The number of hydrogen-bond acceptors (Lipinski definition) is 7. The number of sulfonamides is 1. The Balaban J connectivity index is 0.000000941. The average Bonchev–Trinajstić information content (AvgIpc) is 2.83. The summed E-state index contributed by atoms with van der Waals surface area (Å²) in [5, 5.41) is 24.8. The maximum absolute atomic E-state index is 13.0. The van der Waals surface area contributed by atoms with Crippen LogP contribution in [0, 0.1) is 5.92 Å². The van der Waals surface area contributed by atoms with Crippen molar-refractivity contribution in [2.24, 2.45) is 11.7 Å². The molecule has 0 fully saturated rings. The van der Waals surface area contributed by atoms with Gasteiger partial charge in [-0.2, -0.15) is 30.6 Å². The van der Waals surface area contributed by atoms with E-state index in [9.17, 15) is 39.9 Å². The number of benzene rings is 2. The highest BCUT2D eigenvalue weighted by Crippen LogP contribution is 2.20. The molecule has 2 aromatic rings. The van der Waals surface area contributed by atoms with Crippen LogP contribution in [0.4, 0.5) is 32.0 Å². The van der Waals surface area contributed by atoms with Crippen LogP contribution in [0.5, 0.6) is 0 Å². The molecule has 0 bridgehead atoms. The Morgan fingerprint density at radius 3 is 1.63 bits per heavy atom. The van der Waals surface area contributed by atoms with Gasteiger partial charge in [0.25, 0.3) is 0 Å². The zero-order valence-electron chi connectivity index (χ0n) is 21.8. The fraction of sp³-hybridized carbons (Fsp3) is 0.417. The van der Waals surface area contributed by atoms with Crippen LogP contribution >= 0.6 is 0 Å². The predicted octanol–water partition coefficient (Wildman–Crippen LogP) is 3.11. The number of hydrogen-bond donors (Lipinski definition) is 5. The number of alkyl halides is 6. The lowest BCUT2D eigenvalue weighted by Gasteiger charge is -2.28. The SMILES string of the molecule is CC(C)CN(C[C@@H](O)[C@H](N)Cc1ccccc1)S(=O)(=O)c1ccc(N)cc1.O=C(O)C(F)(F)F.O=C(O)C(F)(F)F. The largest absolute Gasteiger partial charge is 0.490 e. The second-order valence-corrected chi connectivity index (χ2v) is 10.7. The number of carbonyl (C=O) groups is 2. The number of aliphatic carboxylic acids is 2. The number of carboxylic acid groups (broad SMARTS) is 2. The summed E-state index contributed by atoms with van der Waals surface area (Å²) >= 11 is 0. The Morgan fingerprint density at radius 1 is 0.854 bits per heavy atom. The smallest absolute Gasteiger partial charge is 0.475 e. The predicted molar refractivity (Wildman–Crippen MR) is 136 cm³/mol. The molecule has 0 amide bonds. The van der Waals surface area contributed by atoms with Crippen molar-refractivity contribution in [1.82, 2.24) is 4.31 Å². The molecule has 2 rings (SSSR count). The van der Waals surface area contributed by atoms with Gasteiger partial charge in [0.05, 0.1) is 11.0 Å². The van der Waals surface area contributed by atoms with Gasteiger partial charge in [-0.25, -0.2) is 18.0 Å². The van der Waals surface area contributed by atoms with Crippen molar-refractivity contribution >= 4 is 27.6 Å². The molecule has 17 heteroatoms. The maximum atomic E-state index is 13.0. The van der Waals surface area contributed by atoms with E-state index >= 15 is 0 Å². The number of halogens is 6. The average molecular weight is 620 g/mol. The van der Waals surface area contributed by atoms with E-state index in [0.717, 1.165) is 5.56 Å². The molecule has 2 atom stereocenters. The first-order chi connectivity index (χ1) is 18.6. The highest BCUT2D eigenvalue weighted by atomic mass is 32.2. The number of nitrogens with two attached hydrogens (primary N) is 2. The fourth-order valence-corrected chi connectivity index (χ4v) is 4.45. The molecule has 232 valence electrons. The van der Waals surface area contributed by atoms with Crippen molar-refractivity contribution < 1.29 is 59.7 Å².